The van der Waals surface area contributed by atoms with E-state index >= 15 is 0 Å². The molecule has 23 heavy (non-hydrogen) atoms. The van der Waals surface area contributed by atoms with E-state index in [4.69, 9.17) is 10.00 Å². The van der Waals surface area contributed by atoms with E-state index in [1.807, 2.05) is 30.3 Å². The van der Waals surface area contributed by atoms with Gasteiger partial charge in [0.1, 0.15) is 0 Å². The molecule has 1 fully saturated rings. The first-order valence-corrected chi connectivity index (χ1v) is 8.35. The molecule has 1 saturated carbocycles. The second-order valence-electron chi connectivity index (χ2n) is 6.02. The molecule has 1 aliphatic rings. The molecule has 1 aromatic carbocycles. The molecule has 0 aromatic heterocycles. The molecule has 1 unspecified atom stereocenters. The van der Waals surface area contributed by atoms with Gasteiger partial charge in [-0.05, 0) is 31.2 Å². The summed E-state index contributed by atoms with van der Waals surface area (Å²) in [5, 5.41) is 9.03. The van der Waals surface area contributed by atoms with Gasteiger partial charge < -0.3 is 4.74 Å². The lowest BCUT2D eigenvalue weighted by molar-refractivity contribution is -0.145. The summed E-state index contributed by atoms with van der Waals surface area (Å²) >= 11 is 0. The highest BCUT2D eigenvalue weighted by molar-refractivity contribution is 5.98. The van der Waals surface area contributed by atoms with E-state index in [9.17, 15) is 9.59 Å². The Morgan fingerprint density at radius 2 is 1.87 bits per heavy atom. The first-order chi connectivity index (χ1) is 11.2. The average molecular weight is 313 g/mol. The van der Waals surface area contributed by atoms with Gasteiger partial charge in [0, 0.05) is 12.0 Å². The normalized spacial score (nSPS) is 16.3. The Bertz CT molecular complexity index is 580. The zero-order valence-electron chi connectivity index (χ0n) is 13.6. The molecule has 4 nitrogen and oxygen atoms in total. The Morgan fingerprint density at radius 3 is 2.43 bits per heavy atom. The van der Waals surface area contributed by atoms with Crippen LogP contribution < -0.4 is 0 Å². The highest BCUT2D eigenvalue weighted by Gasteiger charge is 2.23. The molecule has 1 aliphatic carbocycles. The van der Waals surface area contributed by atoms with Gasteiger partial charge in [-0.25, -0.2) is 0 Å². The van der Waals surface area contributed by atoms with Crippen molar-refractivity contribution < 1.29 is 14.3 Å². The van der Waals surface area contributed by atoms with Gasteiger partial charge >= 0.3 is 5.97 Å². The number of esters is 1. The van der Waals surface area contributed by atoms with E-state index in [2.05, 4.69) is 0 Å². The van der Waals surface area contributed by atoms with Crippen LogP contribution >= 0.6 is 0 Å². The van der Waals surface area contributed by atoms with Crippen LogP contribution in [0, 0.1) is 17.2 Å². The summed E-state index contributed by atoms with van der Waals surface area (Å²) in [7, 11) is 0. The number of hydrogen-bond acceptors (Lipinski definition) is 4. The fourth-order valence-electron chi connectivity index (χ4n) is 3.10. The molecule has 1 atom stereocenters. The Morgan fingerprint density at radius 1 is 1.22 bits per heavy atom. The molecule has 4 heteroatoms. The highest BCUT2D eigenvalue weighted by atomic mass is 16.5. The Kier molecular flexibility index (Phi) is 6.34. The number of Topliss-reactive ketones (excluding diaryl/α,β-unsaturated/α-hetero) is 1. The molecular weight excluding hydrogens is 290 g/mol. The quantitative estimate of drug-likeness (QED) is 0.588. The van der Waals surface area contributed by atoms with Gasteiger partial charge in [0.15, 0.2) is 11.7 Å². The molecule has 0 heterocycles. The molecule has 0 spiro atoms. The maximum absolute atomic E-state index is 12.3. The SMILES string of the molecule is CCOC(=O)C(C#N)CC(=O)c1ccc(C2CCCCC2)cc1. The van der Waals surface area contributed by atoms with Crippen LogP contribution in [0.1, 0.15) is 67.3 Å². The van der Waals surface area contributed by atoms with Crippen molar-refractivity contribution in [2.24, 2.45) is 5.92 Å². The van der Waals surface area contributed by atoms with Crippen LogP contribution in [0.25, 0.3) is 0 Å². The van der Waals surface area contributed by atoms with Crippen LogP contribution in [0.2, 0.25) is 0 Å². The van der Waals surface area contributed by atoms with Crippen LogP contribution in [0.5, 0.6) is 0 Å². The first-order valence-electron chi connectivity index (χ1n) is 8.35. The minimum Gasteiger partial charge on any atom is -0.465 e. The number of carbonyl (C=O) groups is 2. The number of rotatable bonds is 6. The van der Waals surface area contributed by atoms with Crippen molar-refractivity contribution in [1.82, 2.24) is 0 Å². The third-order valence-electron chi connectivity index (χ3n) is 4.43. The van der Waals surface area contributed by atoms with Crippen molar-refractivity contribution in [3.63, 3.8) is 0 Å². The summed E-state index contributed by atoms with van der Waals surface area (Å²) in [5.74, 6) is -1.25. The summed E-state index contributed by atoms with van der Waals surface area (Å²) in [4.78, 5) is 23.9. The molecule has 0 amide bonds. The van der Waals surface area contributed by atoms with Gasteiger partial charge in [-0.1, -0.05) is 43.5 Å². The topological polar surface area (TPSA) is 67.2 Å². The fraction of sp³-hybridized carbons (Fsp3) is 0.526. The maximum atomic E-state index is 12.3. The molecule has 0 radical (unpaired) electrons. The number of nitriles is 1. The fourth-order valence-corrected chi connectivity index (χ4v) is 3.10. The first kappa shape index (κ1) is 17.2. The minimum atomic E-state index is -1.03. The Balaban J connectivity index is 1.99. The molecule has 0 bridgehead atoms. The lowest BCUT2D eigenvalue weighted by Gasteiger charge is -2.22. The standard InChI is InChI=1S/C19H23NO3/c1-2-23-19(22)17(13-20)12-18(21)16-10-8-15(9-11-16)14-6-4-3-5-7-14/h8-11,14,17H,2-7,12H2,1H3. The van der Waals surface area contributed by atoms with E-state index in [0.29, 0.717) is 11.5 Å². The molecule has 0 aliphatic heterocycles. The summed E-state index contributed by atoms with van der Waals surface area (Å²) < 4.78 is 4.82. The summed E-state index contributed by atoms with van der Waals surface area (Å²) in [6, 6.07) is 9.50. The largest absolute Gasteiger partial charge is 0.465 e. The monoisotopic (exact) mass is 313 g/mol. The Labute approximate surface area is 137 Å². The van der Waals surface area contributed by atoms with Crippen LogP contribution in [0.3, 0.4) is 0 Å². The van der Waals surface area contributed by atoms with Crippen LogP contribution in [-0.4, -0.2) is 18.4 Å². The number of ether oxygens (including phenoxy) is 1. The lowest BCUT2D eigenvalue weighted by atomic mass is 9.83. The summed E-state index contributed by atoms with van der Waals surface area (Å²) in [6.07, 6.45) is 6.16. The number of carbonyl (C=O) groups excluding carboxylic acids is 2. The van der Waals surface area contributed by atoms with Crippen molar-refractivity contribution in [1.29, 1.82) is 5.26 Å². The molecule has 122 valence electrons. The predicted octanol–water partition coefficient (Wildman–Crippen LogP) is 4.01. The smallest absolute Gasteiger partial charge is 0.323 e. The van der Waals surface area contributed by atoms with Gasteiger partial charge in [0.05, 0.1) is 12.7 Å². The molecule has 0 N–H and O–H groups in total. The predicted molar refractivity (Wildman–Crippen MR) is 87.0 cm³/mol. The van der Waals surface area contributed by atoms with E-state index < -0.39 is 11.9 Å². The Hall–Kier alpha value is -2.15. The van der Waals surface area contributed by atoms with E-state index in [0.717, 1.165) is 0 Å². The van der Waals surface area contributed by atoms with Gasteiger partial charge in [-0.15, -0.1) is 0 Å². The van der Waals surface area contributed by atoms with E-state index in [-0.39, 0.29) is 18.8 Å². The van der Waals surface area contributed by atoms with Crippen LogP contribution in [0.15, 0.2) is 24.3 Å². The highest BCUT2D eigenvalue weighted by Crippen LogP contribution is 2.32. The van der Waals surface area contributed by atoms with Crippen molar-refractivity contribution in [2.75, 3.05) is 6.61 Å². The zero-order chi connectivity index (χ0) is 16.7. The lowest BCUT2D eigenvalue weighted by Crippen LogP contribution is -2.19. The van der Waals surface area contributed by atoms with Crippen molar-refractivity contribution in [2.45, 2.75) is 51.4 Å². The number of hydrogen-bond donors (Lipinski definition) is 0. The number of ketones is 1. The third kappa shape index (κ3) is 4.66. The van der Waals surface area contributed by atoms with Crippen LogP contribution in [0.4, 0.5) is 0 Å². The van der Waals surface area contributed by atoms with Crippen molar-refractivity contribution >= 4 is 11.8 Å². The second-order valence-corrected chi connectivity index (χ2v) is 6.02. The molecule has 0 saturated heterocycles. The van der Waals surface area contributed by atoms with E-state index in [1.54, 1.807) is 6.92 Å². The van der Waals surface area contributed by atoms with Gasteiger partial charge in [0.25, 0.3) is 0 Å². The molecular formula is C19H23NO3. The van der Waals surface area contributed by atoms with Crippen molar-refractivity contribution in [3.8, 4) is 6.07 Å². The summed E-state index contributed by atoms with van der Waals surface area (Å²) in [5.41, 5.74) is 1.83. The zero-order valence-corrected chi connectivity index (χ0v) is 13.6. The number of benzene rings is 1. The molecule has 2 rings (SSSR count). The van der Waals surface area contributed by atoms with Gasteiger partial charge in [0.2, 0.25) is 0 Å². The van der Waals surface area contributed by atoms with Gasteiger partial charge in [-0.2, -0.15) is 5.26 Å². The number of nitrogens with zero attached hydrogens (tertiary/aromatic N) is 1. The van der Waals surface area contributed by atoms with Gasteiger partial charge in [-0.3, -0.25) is 9.59 Å². The van der Waals surface area contributed by atoms with Crippen molar-refractivity contribution in [3.05, 3.63) is 35.4 Å². The third-order valence-corrected chi connectivity index (χ3v) is 4.43. The van der Waals surface area contributed by atoms with Crippen LogP contribution in [-0.2, 0) is 9.53 Å². The maximum Gasteiger partial charge on any atom is 0.323 e. The summed E-state index contributed by atoms with van der Waals surface area (Å²) in [6.45, 7) is 1.89. The molecule has 1 aromatic rings. The second kappa shape index (κ2) is 8.47. The minimum absolute atomic E-state index is 0.127. The van der Waals surface area contributed by atoms with E-state index in [1.165, 1.54) is 37.7 Å². The average Bonchev–Trinajstić information content (AvgIpc) is 2.60.